The van der Waals surface area contributed by atoms with Crippen LogP contribution in [-0.2, 0) is 9.53 Å². The first-order chi connectivity index (χ1) is 14.5. The maximum Gasteiger partial charge on any atom is 2.00 e. The van der Waals surface area contributed by atoms with Gasteiger partial charge in [-0.3, -0.25) is 4.79 Å². The van der Waals surface area contributed by atoms with Crippen molar-refractivity contribution in [3.63, 3.8) is 0 Å². The maximum atomic E-state index is 12.3. The smallest absolute Gasteiger partial charge is 1.00 e. The van der Waals surface area contributed by atoms with Gasteiger partial charge in [0.1, 0.15) is 6.10 Å². The van der Waals surface area contributed by atoms with Crippen molar-refractivity contribution in [2.45, 2.75) is 156 Å². The Kier molecular flexibility index (Phi) is 24.7. The Hall–Kier alpha value is 0.196. The molecule has 0 bridgehead atoms. The van der Waals surface area contributed by atoms with Crippen LogP contribution < -0.4 is 0 Å². The Morgan fingerprint density at radius 1 is 0.812 bits per heavy atom. The van der Waals surface area contributed by atoms with E-state index >= 15 is 0 Å². The number of hydrogen-bond donors (Lipinski definition) is 0. The quantitative estimate of drug-likeness (QED) is 0.116. The van der Waals surface area contributed by atoms with Crippen LogP contribution in [0.4, 0.5) is 0 Å². The molecular formula is C28H58MgO3. The standard InChI is InChI=1S/C28H54O2.Mg.H2O.2H/c1-5-6-7-8-9-10-11-12-13-14-15-16-17-18-19-20-28(29)30-27-23-25(4)21-22-26(27)24(2)3;;;;/h24-27H,5-23H2,1-4H3;;1H2;;/q;+2;;2*-1. The van der Waals surface area contributed by atoms with E-state index in [0.29, 0.717) is 24.2 Å². The van der Waals surface area contributed by atoms with E-state index in [1.165, 1.54) is 103 Å². The molecule has 2 N–H and O–H groups in total. The fourth-order valence-electron chi connectivity index (χ4n) is 5.12. The molecule has 0 radical (unpaired) electrons. The van der Waals surface area contributed by atoms with Crippen molar-refractivity contribution in [2.75, 3.05) is 0 Å². The predicted octanol–water partition coefficient (Wildman–Crippen LogP) is 8.27. The van der Waals surface area contributed by atoms with E-state index in [9.17, 15) is 4.79 Å². The fourth-order valence-corrected chi connectivity index (χ4v) is 5.12. The first-order valence-corrected chi connectivity index (χ1v) is 13.7. The van der Waals surface area contributed by atoms with E-state index in [4.69, 9.17) is 4.74 Å². The Morgan fingerprint density at radius 2 is 1.25 bits per heavy atom. The van der Waals surface area contributed by atoms with E-state index in [0.717, 1.165) is 12.8 Å². The van der Waals surface area contributed by atoms with Crippen molar-refractivity contribution in [3.8, 4) is 0 Å². The van der Waals surface area contributed by atoms with Gasteiger partial charge < -0.3 is 13.1 Å². The molecule has 0 aromatic rings. The third-order valence-electron chi connectivity index (χ3n) is 7.23. The second kappa shape index (κ2) is 23.0. The number of carbonyl (C=O) groups excluding carboxylic acids is 1. The second-order valence-corrected chi connectivity index (χ2v) is 10.6. The van der Waals surface area contributed by atoms with Gasteiger partial charge in [-0.2, -0.15) is 0 Å². The molecule has 0 amide bonds. The van der Waals surface area contributed by atoms with Crippen LogP contribution in [0.2, 0.25) is 0 Å². The van der Waals surface area contributed by atoms with E-state index in [1.807, 2.05) is 0 Å². The van der Waals surface area contributed by atoms with Crippen LogP contribution in [0.25, 0.3) is 0 Å². The van der Waals surface area contributed by atoms with Crippen molar-refractivity contribution < 1.29 is 17.9 Å². The van der Waals surface area contributed by atoms with Gasteiger partial charge in [-0.25, -0.2) is 0 Å². The molecule has 32 heavy (non-hydrogen) atoms. The summed E-state index contributed by atoms with van der Waals surface area (Å²) in [5.41, 5.74) is 0. The molecule has 0 aromatic carbocycles. The minimum Gasteiger partial charge on any atom is -1.00 e. The van der Waals surface area contributed by atoms with E-state index < -0.39 is 0 Å². The third-order valence-corrected chi connectivity index (χ3v) is 7.23. The van der Waals surface area contributed by atoms with Gasteiger partial charge >= 0.3 is 29.0 Å². The van der Waals surface area contributed by atoms with Crippen molar-refractivity contribution >= 4 is 29.0 Å². The Balaban J connectivity index is -0.00000112. The number of ether oxygens (including phenoxy) is 1. The SMILES string of the molecule is CCCCCCCCCCCCCCCCCC(=O)OC1CC(C)CCC1C(C)C.O.[H-].[H-].[Mg+2]. The Morgan fingerprint density at radius 3 is 1.69 bits per heavy atom. The van der Waals surface area contributed by atoms with E-state index in [-0.39, 0.29) is 43.5 Å². The zero-order valence-corrected chi connectivity index (χ0v) is 23.7. The molecule has 190 valence electrons. The Labute approximate surface area is 220 Å². The molecule has 3 atom stereocenters. The average molecular weight is 467 g/mol. The van der Waals surface area contributed by atoms with Crippen LogP contribution in [0.3, 0.4) is 0 Å². The molecule has 0 heterocycles. The van der Waals surface area contributed by atoms with Gasteiger partial charge in [0.25, 0.3) is 0 Å². The number of carbonyl (C=O) groups is 1. The average Bonchev–Trinajstić information content (AvgIpc) is 2.70. The van der Waals surface area contributed by atoms with Gasteiger partial charge in [-0.15, -0.1) is 0 Å². The predicted molar refractivity (Wildman–Crippen MR) is 142 cm³/mol. The molecular weight excluding hydrogens is 409 g/mol. The van der Waals surface area contributed by atoms with Crippen LogP contribution >= 0.6 is 0 Å². The first-order valence-electron chi connectivity index (χ1n) is 13.7. The van der Waals surface area contributed by atoms with Gasteiger partial charge in [0.15, 0.2) is 0 Å². The molecule has 0 saturated heterocycles. The van der Waals surface area contributed by atoms with Gasteiger partial charge in [0.05, 0.1) is 0 Å². The molecule has 0 aliphatic heterocycles. The summed E-state index contributed by atoms with van der Waals surface area (Å²) < 4.78 is 5.92. The van der Waals surface area contributed by atoms with Crippen LogP contribution in [0, 0.1) is 17.8 Å². The summed E-state index contributed by atoms with van der Waals surface area (Å²) in [5.74, 6) is 1.92. The molecule has 3 unspecified atom stereocenters. The van der Waals surface area contributed by atoms with Gasteiger partial charge in [-0.1, -0.05) is 124 Å². The van der Waals surface area contributed by atoms with Gasteiger partial charge in [0, 0.05) is 6.42 Å². The Bertz CT molecular complexity index is 424. The van der Waals surface area contributed by atoms with Crippen LogP contribution in [-0.4, -0.2) is 40.6 Å². The van der Waals surface area contributed by atoms with Crippen LogP contribution in [0.5, 0.6) is 0 Å². The largest absolute Gasteiger partial charge is 2.00 e. The summed E-state index contributed by atoms with van der Waals surface area (Å²) in [6.07, 6.45) is 24.7. The summed E-state index contributed by atoms with van der Waals surface area (Å²) in [6, 6.07) is 0. The van der Waals surface area contributed by atoms with Crippen molar-refractivity contribution in [1.29, 1.82) is 0 Å². The molecule has 4 heteroatoms. The molecule has 0 spiro atoms. The number of unbranched alkanes of at least 4 members (excludes halogenated alkanes) is 14. The van der Waals surface area contributed by atoms with Crippen molar-refractivity contribution in [1.82, 2.24) is 0 Å². The van der Waals surface area contributed by atoms with Gasteiger partial charge in [-0.05, 0) is 37.0 Å². The maximum absolute atomic E-state index is 12.3. The van der Waals surface area contributed by atoms with Crippen molar-refractivity contribution in [2.24, 2.45) is 17.8 Å². The van der Waals surface area contributed by atoms with Gasteiger partial charge in [0.2, 0.25) is 0 Å². The summed E-state index contributed by atoms with van der Waals surface area (Å²) >= 11 is 0. The molecule has 1 saturated carbocycles. The number of esters is 1. The van der Waals surface area contributed by atoms with E-state index in [1.54, 1.807) is 0 Å². The number of rotatable bonds is 18. The summed E-state index contributed by atoms with van der Waals surface area (Å²) in [4.78, 5) is 12.3. The van der Waals surface area contributed by atoms with E-state index in [2.05, 4.69) is 27.7 Å². The van der Waals surface area contributed by atoms with Crippen LogP contribution in [0.15, 0.2) is 0 Å². The molecule has 1 fully saturated rings. The number of hydrogen-bond acceptors (Lipinski definition) is 2. The first kappa shape index (κ1) is 34.4. The summed E-state index contributed by atoms with van der Waals surface area (Å²) in [5, 5.41) is 0. The minimum atomic E-state index is 0. The molecule has 3 nitrogen and oxygen atoms in total. The second-order valence-electron chi connectivity index (χ2n) is 10.6. The van der Waals surface area contributed by atoms with Crippen molar-refractivity contribution in [3.05, 3.63) is 0 Å². The molecule has 1 aliphatic carbocycles. The zero-order chi connectivity index (χ0) is 22.0. The monoisotopic (exact) mass is 466 g/mol. The fraction of sp³-hybridized carbons (Fsp3) is 0.964. The topological polar surface area (TPSA) is 57.8 Å². The third kappa shape index (κ3) is 17.6. The summed E-state index contributed by atoms with van der Waals surface area (Å²) in [7, 11) is 0. The molecule has 1 aliphatic rings. The molecule has 0 aromatic heterocycles. The summed E-state index contributed by atoms with van der Waals surface area (Å²) in [6.45, 7) is 9.13. The zero-order valence-electron chi connectivity index (χ0n) is 24.3. The minimum absolute atomic E-state index is 0. The van der Waals surface area contributed by atoms with Crippen LogP contribution in [0.1, 0.15) is 153 Å². The molecule has 1 rings (SSSR count). The normalized spacial score (nSPS) is 20.5.